The molecule has 0 aliphatic carbocycles. The number of rotatable bonds is 6. The van der Waals surface area contributed by atoms with E-state index in [9.17, 15) is 9.59 Å². The number of amides is 1. The molecule has 1 amide bonds. The van der Waals surface area contributed by atoms with E-state index in [0.717, 1.165) is 5.75 Å². The molecule has 2 heterocycles. The van der Waals surface area contributed by atoms with Crippen LogP contribution in [0.5, 0.6) is 5.75 Å². The van der Waals surface area contributed by atoms with Gasteiger partial charge in [-0.25, -0.2) is 4.98 Å². The number of thiophene rings is 1. The minimum atomic E-state index is -0.391. The van der Waals surface area contributed by atoms with Gasteiger partial charge in [0, 0.05) is 5.69 Å². The maximum Gasteiger partial charge on any atom is 0.260 e. The number of hydrogen-bond acceptors (Lipinski definition) is 6. The number of methoxy groups -OCH3 is 1. The Kier molecular flexibility index (Phi) is 5.63. The minimum Gasteiger partial charge on any atom is -0.497 e. The maximum atomic E-state index is 12.7. The van der Waals surface area contributed by atoms with Gasteiger partial charge in [-0.15, -0.1) is 11.3 Å². The lowest BCUT2D eigenvalue weighted by Crippen LogP contribution is -2.30. The van der Waals surface area contributed by atoms with Gasteiger partial charge in [-0.1, -0.05) is 25.6 Å². The summed E-state index contributed by atoms with van der Waals surface area (Å²) in [5.41, 5.74) is 0.508. The number of aromatic nitrogens is 2. The first kappa shape index (κ1) is 18.5. The second-order valence-corrected chi connectivity index (χ2v) is 8.04. The summed E-state index contributed by atoms with van der Waals surface area (Å²) < 4.78 is 5.12. The zero-order valence-corrected chi connectivity index (χ0v) is 16.2. The van der Waals surface area contributed by atoms with Crippen molar-refractivity contribution in [3.8, 4) is 5.75 Å². The predicted octanol–water partition coefficient (Wildman–Crippen LogP) is 3.75. The number of carbonyl (C=O) groups excluding carboxylic acids is 1. The molecule has 0 aliphatic heterocycles. The number of anilines is 1. The molecule has 0 spiro atoms. The fourth-order valence-corrected chi connectivity index (χ4v) is 4.20. The second kappa shape index (κ2) is 7.92. The molecule has 0 fully saturated rings. The quantitative estimate of drug-likeness (QED) is 0.495. The number of nitrogens with zero attached hydrogens (tertiary/aromatic N) is 1. The van der Waals surface area contributed by atoms with Crippen molar-refractivity contribution in [2.45, 2.75) is 24.3 Å². The Morgan fingerprint density at radius 2 is 2.00 bits per heavy atom. The van der Waals surface area contributed by atoms with Crippen molar-refractivity contribution in [2.24, 2.45) is 5.92 Å². The van der Waals surface area contributed by atoms with Crippen LogP contribution >= 0.6 is 23.1 Å². The van der Waals surface area contributed by atoms with Gasteiger partial charge in [0.1, 0.15) is 10.6 Å². The van der Waals surface area contributed by atoms with Gasteiger partial charge in [-0.2, -0.15) is 0 Å². The summed E-state index contributed by atoms with van der Waals surface area (Å²) in [7, 11) is 1.59. The number of thioether (sulfide) groups is 1. The Hall–Kier alpha value is -2.32. The third-order valence-corrected chi connectivity index (χ3v) is 6.01. The largest absolute Gasteiger partial charge is 0.497 e. The lowest BCUT2D eigenvalue weighted by atomic mass is 10.1. The number of fused-ring (bicyclic) bond motifs is 1. The van der Waals surface area contributed by atoms with Gasteiger partial charge < -0.3 is 15.0 Å². The molecule has 136 valence electrons. The Labute approximate surface area is 159 Å². The van der Waals surface area contributed by atoms with Crippen molar-refractivity contribution in [3.63, 3.8) is 0 Å². The summed E-state index contributed by atoms with van der Waals surface area (Å²) in [6.07, 6.45) is 0. The third-order valence-electron chi connectivity index (χ3n) is 3.77. The Balaban J connectivity index is 1.78. The molecule has 2 aromatic heterocycles. The molecular formula is C18H19N3O3S2. The smallest absolute Gasteiger partial charge is 0.260 e. The van der Waals surface area contributed by atoms with E-state index >= 15 is 0 Å². The average Bonchev–Trinajstić information content (AvgIpc) is 3.09. The minimum absolute atomic E-state index is 0.0579. The standard InChI is InChI=1S/C18H19N3O3S2/c1-10(2)14(16(23)19-11-4-6-12(24-3)7-5-11)26-18-20-15(22)13-8-9-25-17(13)21-18/h4-10,14H,1-3H3,(H,19,23)(H,20,21,22)/t14-/m1/s1. The summed E-state index contributed by atoms with van der Waals surface area (Å²) in [5.74, 6) is 0.649. The highest BCUT2D eigenvalue weighted by Gasteiger charge is 2.25. The molecule has 8 heteroatoms. The van der Waals surface area contributed by atoms with E-state index in [1.165, 1.54) is 23.1 Å². The Morgan fingerprint density at radius 1 is 1.27 bits per heavy atom. The van der Waals surface area contributed by atoms with Crippen LogP contribution in [0.2, 0.25) is 0 Å². The van der Waals surface area contributed by atoms with E-state index in [1.54, 1.807) is 37.4 Å². The Bertz CT molecular complexity index is 964. The fraction of sp³-hybridized carbons (Fsp3) is 0.278. The molecular weight excluding hydrogens is 370 g/mol. The van der Waals surface area contributed by atoms with Gasteiger partial charge in [0.2, 0.25) is 5.91 Å². The predicted molar refractivity (Wildman–Crippen MR) is 106 cm³/mol. The van der Waals surface area contributed by atoms with E-state index in [1.807, 2.05) is 19.2 Å². The molecule has 0 radical (unpaired) electrons. The number of hydrogen-bond donors (Lipinski definition) is 2. The summed E-state index contributed by atoms with van der Waals surface area (Å²) in [6, 6.07) is 8.90. The van der Waals surface area contributed by atoms with Crippen molar-refractivity contribution < 1.29 is 9.53 Å². The second-order valence-electron chi connectivity index (χ2n) is 6.01. The highest BCUT2D eigenvalue weighted by molar-refractivity contribution is 8.00. The van der Waals surface area contributed by atoms with Crippen molar-refractivity contribution in [2.75, 3.05) is 12.4 Å². The van der Waals surface area contributed by atoms with Crippen LogP contribution in [0.15, 0.2) is 45.7 Å². The molecule has 2 N–H and O–H groups in total. The number of carbonyl (C=O) groups is 1. The molecule has 26 heavy (non-hydrogen) atoms. The SMILES string of the molecule is COc1ccc(NC(=O)[C@H](Sc2nc3sccc3c(=O)[nH]2)C(C)C)cc1. The molecule has 1 aromatic carbocycles. The summed E-state index contributed by atoms with van der Waals surface area (Å²) in [6.45, 7) is 3.93. The van der Waals surface area contributed by atoms with Crippen LogP contribution in [0.1, 0.15) is 13.8 Å². The lowest BCUT2D eigenvalue weighted by Gasteiger charge is -2.19. The molecule has 0 saturated carbocycles. The maximum absolute atomic E-state index is 12.7. The van der Waals surface area contributed by atoms with Crippen LogP contribution in [0.3, 0.4) is 0 Å². The van der Waals surface area contributed by atoms with Crippen molar-refractivity contribution in [1.82, 2.24) is 9.97 Å². The molecule has 3 rings (SSSR count). The van der Waals surface area contributed by atoms with Crippen molar-refractivity contribution in [1.29, 1.82) is 0 Å². The highest BCUT2D eigenvalue weighted by Crippen LogP contribution is 2.28. The van der Waals surface area contributed by atoms with E-state index in [2.05, 4.69) is 15.3 Å². The van der Waals surface area contributed by atoms with Gasteiger partial charge >= 0.3 is 0 Å². The monoisotopic (exact) mass is 389 g/mol. The van der Waals surface area contributed by atoms with E-state index in [4.69, 9.17) is 4.74 Å². The van der Waals surface area contributed by atoms with Gasteiger partial charge in [0.05, 0.1) is 17.7 Å². The van der Waals surface area contributed by atoms with Crippen LogP contribution < -0.4 is 15.6 Å². The molecule has 1 atom stereocenters. The third kappa shape index (κ3) is 4.08. The summed E-state index contributed by atoms with van der Waals surface area (Å²) in [5, 5.41) is 5.37. The number of H-pyrrole nitrogens is 1. The van der Waals surface area contributed by atoms with Crippen LogP contribution in [-0.2, 0) is 4.79 Å². The summed E-state index contributed by atoms with van der Waals surface area (Å²) in [4.78, 5) is 32.7. The van der Waals surface area contributed by atoms with Crippen LogP contribution in [0.4, 0.5) is 5.69 Å². The average molecular weight is 390 g/mol. The van der Waals surface area contributed by atoms with Crippen molar-refractivity contribution in [3.05, 3.63) is 46.1 Å². The number of nitrogens with one attached hydrogen (secondary N) is 2. The fourth-order valence-electron chi connectivity index (χ4n) is 2.40. The molecule has 0 saturated heterocycles. The zero-order valence-electron chi connectivity index (χ0n) is 14.6. The van der Waals surface area contributed by atoms with Gasteiger partial charge in [0.25, 0.3) is 5.56 Å². The van der Waals surface area contributed by atoms with Gasteiger partial charge in [0.15, 0.2) is 5.16 Å². The summed E-state index contributed by atoms with van der Waals surface area (Å²) >= 11 is 2.68. The van der Waals surface area contributed by atoms with Gasteiger partial charge in [-0.3, -0.25) is 9.59 Å². The topological polar surface area (TPSA) is 84.1 Å². The molecule has 0 unspecified atom stereocenters. The Morgan fingerprint density at radius 3 is 2.65 bits per heavy atom. The van der Waals surface area contributed by atoms with Crippen LogP contribution in [0, 0.1) is 5.92 Å². The zero-order chi connectivity index (χ0) is 18.7. The first-order chi connectivity index (χ1) is 12.5. The van der Waals surface area contributed by atoms with Crippen LogP contribution in [0.25, 0.3) is 10.2 Å². The van der Waals surface area contributed by atoms with E-state index in [-0.39, 0.29) is 17.4 Å². The number of ether oxygens (including phenoxy) is 1. The van der Waals surface area contributed by atoms with E-state index in [0.29, 0.717) is 21.1 Å². The lowest BCUT2D eigenvalue weighted by molar-refractivity contribution is -0.116. The normalized spacial score (nSPS) is 12.3. The molecule has 0 bridgehead atoms. The first-order valence-corrected chi connectivity index (χ1v) is 9.83. The van der Waals surface area contributed by atoms with Gasteiger partial charge in [-0.05, 0) is 41.6 Å². The van der Waals surface area contributed by atoms with Crippen LogP contribution in [-0.4, -0.2) is 28.2 Å². The molecule has 3 aromatic rings. The molecule has 0 aliphatic rings. The highest BCUT2D eigenvalue weighted by atomic mass is 32.2. The number of aromatic amines is 1. The molecule has 6 nitrogen and oxygen atoms in total. The number of benzene rings is 1. The first-order valence-electron chi connectivity index (χ1n) is 8.07. The van der Waals surface area contributed by atoms with Crippen molar-refractivity contribution >= 4 is 44.9 Å². The van der Waals surface area contributed by atoms with E-state index < -0.39 is 5.25 Å².